The number of pyridine rings is 1. The molecule has 3 heterocycles. The first-order valence-electron chi connectivity index (χ1n) is 8.53. The van der Waals surface area contributed by atoms with Gasteiger partial charge < -0.3 is 9.80 Å². The summed E-state index contributed by atoms with van der Waals surface area (Å²) in [6.07, 6.45) is 4.89. The molecule has 7 heteroatoms. The van der Waals surface area contributed by atoms with Gasteiger partial charge in [-0.2, -0.15) is 0 Å². The van der Waals surface area contributed by atoms with Gasteiger partial charge in [0.05, 0.1) is 5.56 Å². The third-order valence-electron chi connectivity index (χ3n) is 4.32. The van der Waals surface area contributed by atoms with E-state index < -0.39 is 0 Å². The van der Waals surface area contributed by atoms with Crippen molar-refractivity contribution in [1.82, 2.24) is 29.7 Å². The third kappa shape index (κ3) is 4.58. The normalized spacial score (nSPS) is 15.6. The molecule has 3 rings (SSSR count). The molecule has 0 unspecified atom stereocenters. The molecule has 2 aromatic heterocycles. The second-order valence-corrected chi connectivity index (χ2v) is 6.45. The number of rotatable bonds is 5. The summed E-state index contributed by atoms with van der Waals surface area (Å²) >= 11 is 0. The summed E-state index contributed by atoms with van der Waals surface area (Å²) < 4.78 is 0. The number of carbonyl (C=O) groups is 1. The van der Waals surface area contributed by atoms with Crippen LogP contribution < -0.4 is 0 Å². The smallest absolute Gasteiger partial charge is 0.257 e. The maximum Gasteiger partial charge on any atom is 0.257 e. The van der Waals surface area contributed by atoms with Gasteiger partial charge in [-0.3, -0.25) is 14.7 Å². The van der Waals surface area contributed by atoms with E-state index in [0.29, 0.717) is 17.1 Å². The highest BCUT2D eigenvalue weighted by atomic mass is 16.2. The second-order valence-electron chi connectivity index (χ2n) is 6.45. The summed E-state index contributed by atoms with van der Waals surface area (Å²) in [5.41, 5.74) is 1.23. The molecule has 1 aliphatic rings. The fourth-order valence-corrected chi connectivity index (χ4v) is 2.76. The lowest BCUT2D eigenvalue weighted by Crippen LogP contribution is -2.50. The van der Waals surface area contributed by atoms with E-state index in [1.54, 1.807) is 18.6 Å². The molecule has 132 valence electrons. The summed E-state index contributed by atoms with van der Waals surface area (Å²) in [5.74, 6) is 0.533. The lowest BCUT2D eigenvalue weighted by molar-refractivity contribution is 0.0629. The molecule has 1 amide bonds. The first-order chi connectivity index (χ1) is 12.1. The van der Waals surface area contributed by atoms with Crippen LogP contribution in [0.5, 0.6) is 0 Å². The van der Waals surface area contributed by atoms with Crippen molar-refractivity contribution >= 4 is 5.91 Å². The van der Waals surface area contributed by atoms with Crippen LogP contribution in [0.1, 0.15) is 10.4 Å². The number of hydrogen-bond acceptors (Lipinski definition) is 6. The maximum absolute atomic E-state index is 12.6. The average molecular weight is 340 g/mol. The van der Waals surface area contributed by atoms with Crippen molar-refractivity contribution < 1.29 is 4.79 Å². The van der Waals surface area contributed by atoms with Crippen molar-refractivity contribution in [2.45, 2.75) is 0 Å². The van der Waals surface area contributed by atoms with Crippen LogP contribution in [0.2, 0.25) is 0 Å². The first-order valence-corrected chi connectivity index (χ1v) is 8.53. The van der Waals surface area contributed by atoms with E-state index in [1.165, 1.54) is 0 Å². The van der Waals surface area contributed by atoms with Gasteiger partial charge in [-0.1, -0.05) is 6.07 Å². The Morgan fingerprint density at radius 3 is 2.40 bits per heavy atom. The highest BCUT2D eigenvalue weighted by Gasteiger charge is 2.22. The average Bonchev–Trinajstić information content (AvgIpc) is 2.67. The fraction of sp³-hybridized carbons (Fsp3) is 0.444. The Morgan fingerprint density at radius 1 is 1.08 bits per heavy atom. The molecule has 1 saturated heterocycles. The molecule has 0 bridgehead atoms. The minimum atomic E-state index is -0.000157. The van der Waals surface area contributed by atoms with Crippen molar-refractivity contribution in [2.75, 3.05) is 53.4 Å². The molecule has 2 aromatic rings. The van der Waals surface area contributed by atoms with Crippen molar-refractivity contribution in [3.8, 4) is 11.5 Å². The van der Waals surface area contributed by atoms with Gasteiger partial charge >= 0.3 is 0 Å². The van der Waals surface area contributed by atoms with Crippen LogP contribution in [0.15, 0.2) is 36.8 Å². The van der Waals surface area contributed by atoms with Crippen LogP contribution in [0.4, 0.5) is 0 Å². The van der Waals surface area contributed by atoms with Crippen molar-refractivity contribution in [3.63, 3.8) is 0 Å². The highest BCUT2D eigenvalue weighted by molar-refractivity contribution is 5.93. The zero-order valence-corrected chi connectivity index (χ0v) is 14.8. The zero-order valence-electron chi connectivity index (χ0n) is 14.8. The van der Waals surface area contributed by atoms with Crippen molar-refractivity contribution in [2.24, 2.45) is 0 Å². The summed E-state index contributed by atoms with van der Waals surface area (Å²) in [6, 6.07) is 5.59. The summed E-state index contributed by atoms with van der Waals surface area (Å²) in [4.78, 5) is 31.9. The van der Waals surface area contributed by atoms with Crippen LogP contribution in [-0.2, 0) is 0 Å². The molecule has 0 aromatic carbocycles. The number of likely N-dealkylation sites (N-methyl/N-ethyl adjacent to an activating group) is 1. The Hall–Kier alpha value is -2.38. The van der Waals surface area contributed by atoms with Gasteiger partial charge in [0.1, 0.15) is 5.69 Å². The van der Waals surface area contributed by atoms with E-state index >= 15 is 0 Å². The molecule has 0 spiro atoms. The predicted octanol–water partition coefficient (Wildman–Crippen LogP) is 0.858. The first kappa shape index (κ1) is 17.4. The van der Waals surface area contributed by atoms with Crippen LogP contribution in [0.25, 0.3) is 11.5 Å². The Morgan fingerprint density at radius 2 is 1.80 bits per heavy atom. The van der Waals surface area contributed by atoms with E-state index in [-0.39, 0.29) is 5.91 Å². The molecule has 7 nitrogen and oxygen atoms in total. The fourth-order valence-electron chi connectivity index (χ4n) is 2.76. The van der Waals surface area contributed by atoms with Gasteiger partial charge in [-0.15, -0.1) is 0 Å². The van der Waals surface area contributed by atoms with E-state index in [2.05, 4.69) is 38.8 Å². The Labute approximate surface area is 148 Å². The lowest BCUT2D eigenvalue weighted by atomic mass is 10.2. The molecule has 25 heavy (non-hydrogen) atoms. The van der Waals surface area contributed by atoms with Gasteiger partial charge in [-0.05, 0) is 26.2 Å². The van der Waals surface area contributed by atoms with Crippen LogP contribution in [-0.4, -0.2) is 88.9 Å². The summed E-state index contributed by atoms with van der Waals surface area (Å²) in [5, 5.41) is 0. The van der Waals surface area contributed by atoms with Gasteiger partial charge in [-0.25, -0.2) is 9.97 Å². The van der Waals surface area contributed by atoms with E-state index in [4.69, 9.17) is 0 Å². The van der Waals surface area contributed by atoms with E-state index in [9.17, 15) is 4.79 Å². The van der Waals surface area contributed by atoms with E-state index in [0.717, 1.165) is 39.3 Å². The molecule has 0 N–H and O–H groups in total. The Balaban J connectivity index is 1.57. The summed E-state index contributed by atoms with van der Waals surface area (Å²) in [7, 11) is 4.16. The van der Waals surface area contributed by atoms with Gasteiger partial charge in [0, 0.05) is 57.9 Å². The van der Waals surface area contributed by atoms with Crippen LogP contribution >= 0.6 is 0 Å². The number of piperazine rings is 1. The minimum absolute atomic E-state index is 0.000157. The van der Waals surface area contributed by atoms with E-state index in [1.807, 2.05) is 23.1 Å². The number of aromatic nitrogens is 3. The van der Waals surface area contributed by atoms with Crippen LogP contribution in [0, 0.1) is 0 Å². The summed E-state index contributed by atoms with van der Waals surface area (Å²) in [6.45, 7) is 5.38. The van der Waals surface area contributed by atoms with Crippen LogP contribution in [0.3, 0.4) is 0 Å². The maximum atomic E-state index is 12.6. The monoisotopic (exact) mass is 340 g/mol. The van der Waals surface area contributed by atoms with Crippen molar-refractivity contribution in [3.05, 3.63) is 42.4 Å². The highest BCUT2D eigenvalue weighted by Crippen LogP contribution is 2.12. The number of amides is 1. The molecule has 1 fully saturated rings. The van der Waals surface area contributed by atoms with Gasteiger partial charge in [0.15, 0.2) is 5.82 Å². The quantitative estimate of drug-likeness (QED) is 0.804. The standard InChI is InChI=1S/C18H24N6O/c1-22(2)7-8-23-9-11-24(12-10-23)18(25)15-13-20-17(21-14-15)16-5-3-4-6-19-16/h3-6,13-14H,7-12H2,1-2H3. The number of hydrogen-bond donors (Lipinski definition) is 0. The molecule has 1 aliphatic heterocycles. The number of carbonyl (C=O) groups excluding carboxylic acids is 1. The Bertz CT molecular complexity index is 680. The Kier molecular flexibility index (Phi) is 5.67. The van der Waals surface area contributed by atoms with Gasteiger partial charge in [0.25, 0.3) is 5.91 Å². The molecule has 0 radical (unpaired) electrons. The molecular weight excluding hydrogens is 316 g/mol. The third-order valence-corrected chi connectivity index (χ3v) is 4.32. The second kappa shape index (κ2) is 8.13. The predicted molar refractivity (Wildman–Crippen MR) is 96.2 cm³/mol. The molecular formula is C18H24N6O. The topological polar surface area (TPSA) is 65.5 Å². The SMILES string of the molecule is CN(C)CCN1CCN(C(=O)c2cnc(-c3ccccn3)nc2)CC1. The lowest BCUT2D eigenvalue weighted by Gasteiger charge is -2.35. The van der Waals surface area contributed by atoms with Gasteiger partial charge in [0.2, 0.25) is 0 Å². The minimum Gasteiger partial charge on any atom is -0.336 e. The molecule has 0 aliphatic carbocycles. The van der Waals surface area contributed by atoms with Crippen molar-refractivity contribution in [1.29, 1.82) is 0 Å². The largest absolute Gasteiger partial charge is 0.336 e. The molecule has 0 atom stereocenters. The number of nitrogens with zero attached hydrogens (tertiary/aromatic N) is 6. The molecule has 0 saturated carbocycles. The zero-order chi connectivity index (χ0) is 17.6.